The van der Waals surface area contributed by atoms with Crippen LogP contribution in [0.5, 0.6) is 0 Å². The maximum Gasteiger partial charge on any atom is 0.317 e. The molecular formula is C20H30N4O. The zero-order chi connectivity index (χ0) is 17.5. The van der Waals surface area contributed by atoms with Crippen molar-refractivity contribution in [2.45, 2.75) is 51.0 Å². The van der Waals surface area contributed by atoms with Crippen LogP contribution in [0, 0.1) is 0 Å². The first-order valence-electron chi connectivity index (χ1n) is 9.58. The molecule has 1 N–H and O–H groups in total. The van der Waals surface area contributed by atoms with E-state index in [4.69, 9.17) is 0 Å². The summed E-state index contributed by atoms with van der Waals surface area (Å²) >= 11 is 0. The molecule has 0 spiro atoms. The summed E-state index contributed by atoms with van der Waals surface area (Å²) in [6, 6.07) is 6.39. The SMILES string of the molecule is CN(C(=O)NCCC1=CCCCC1)C1CCN(c2ccccn2)CC1. The number of nitrogens with one attached hydrogen (secondary N) is 1. The predicted octanol–water partition coefficient (Wildman–Crippen LogP) is 3.58. The molecule has 0 radical (unpaired) electrons. The first-order valence-corrected chi connectivity index (χ1v) is 9.58. The second-order valence-electron chi connectivity index (χ2n) is 7.11. The third kappa shape index (κ3) is 4.97. The molecule has 3 rings (SSSR count). The summed E-state index contributed by atoms with van der Waals surface area (Å²) in [6.07, 6.45) is 12.2. The monoisotopic (exact) mass is 342 g/mol. The number of aromatic nitrogens is 1. The number of hydrogen-bond donors (Lipinski definition) is 1. The van der Waals surface area contributed by atoms with Gasteiger partial charge in [0.25, 0.3) is 0 Å². The number of nitrogens with zero attached hydrogens (tertiary/aromatic N) is 3. The fourth-order valence-electron chi connectivity index (χ4n) is 3.78. The number of rotatable bonds is 5. The van der Waals surface area contributed by atoms with Crippen LogP contribution in [0.4, 0.5) is 10.6 Å². The maximum absolute atomic E-state index is 12.4. The number of anilines is 1. The molecule has 25 heavy (non-hydrogen) atoms. The Balaban J connectivity index is 1.40. The first kappa shape index (κ1) is 17.8. The van der Waals surface area contributed by atoms with E-state index in [1.54, 1.807) is 0 Å². The zero-order valence-corrected chi connectivity index (χ0v) is 15.3. The van der Waals surface area contributed by atoms with Crippen LogP contribution in [-0.2, 0) is 0 Å². The number of urea groups is 1. The summed E-state index contributed by atoms with van der Waals surface area (Å²) in [7, 11) is 1.93. The third-order valence-corrected chi connectivity index (χ3v) is 5.41. The number of carbonyl (C=O) groups excluding carboxylic acids is 1. The van der Waals surface area contributed by atoms with Gasteiger partial charge < -0.3 is 15.1 Å². The van der Waals surface area contributed by atoms with Crippen molar-refractivity contribution in [2.24, 2.45) is 0 Å². The lowest BCUT2D eigenvalue weighted by Crippen LogP contribution is -2.49. The molecule has 2 aliphatic rings. The quantitative estimate of drug-likeness (QED) is 0.832. The summed E-state index contributed by atoms with van der Waals surface area (Å²) < 4.78 is 0. The van der Waals surface area contributed by atoms with Gasteiger partial charge in [0.15, 0.2) is 0 Å². The molecule has 1 aliphatic carbocycles. The van der Waals surface area contributed by atoms with Crippen LogP contribution in [0.25, 0.3) is 0 Å². The molecule has 1 aromatic heterocycles. The van der Waals surface area contributed by atoms with Crippen molar-refractivity contribution >= 4 is 11.8 Å². The van der Waals surface area contributed by atoms with E-state index >= 15 is 0 Å². The molecule has 1 aliphatic heterocycles. The molecule has 0 unspecified atom stereocenters. The van der Waals surface area contributed by atoms with Crippen molar-refractivity contribution in [2.75, 3.05) is 31.6 Å². The fraction of sp³-hybridized carbons (Fsp3) is 0.600. The lowest BCUT2D eigenvalue weighted by molar-refractivity contribution is 0.180. The van der Waals surface area contributed by atoms with Gasteiger partial charge in [0.2, 0.25) is 0 Å². The molecule has 5 nitrogen and oxygen atoms in total. The Bertz CT molecular complexity index is 579. The number of carbonyl (C=O) groups is 1. The summed E-state index contributed by atoms with van der Waals surface area (Å²) in [5, 5.41) is 3.09. The Morgan fingerprint density at radius 3 is 2.84 bits per heavy atom. The van der Waals surface area contributed by atoms with Gasteiger partial charge in [0, 0.05) is 38.9 Å². The van der Waals surface area contributed by atoms with Crippen molar-refractivity contribution in [3.8, 4) is 0 Å². The van der Waals surface area contributed by atoms with Crippen LogP contribution < -0.4 is 10.2 Å². The van der Waals surface area contributed by atoms with Gasteiger partial charge in [0.05, 0.1) is 0 Å². The van der Waals surface area contributed by atoms with Crippen LogP contribution in [-0.4, -0.2) is 48.6 Å². The molecule has 1 saturated heterocycles. The predicted molar refractivity (Wildman–Crippen MR) is 102 cm³/mol. The summed E-state index contributed by atoms with van der Waals surface area (Å²) in [5.41, 5.74) is 1.51. The maximum atomic E-state index is 12.4. The minimum absolute atomic E-state index is 0.0627. The highest BCUT2D eigenvalue weighted by molar-refractivity contribution is 5.74. The van der Waals surface area contributed by atoms with Crippen molar-refractivity contribution in [1.29, 1.82) is 0 Å². The summed E-state index contributed by atoms with van der Waals surface area (Å²) in [6.45, 7) is 2.65. The number of pyridine rings is 1. The lowest BCUT2D eigenvalue weighted by atomic mass is 9.97. The standard InChI is InChI=1S/C20H30N4O/c1-23(20(25)22-14-10-17-7-3-2-4-8-17)18-11-15-24(16-12-18)19-9-5-6-13-21-19/h5-7,9,13,18H,2-4,8,10-12,14-16H2,1H3,(H,22,25). The van der Waals surface area contributed by atoms with Crippen LogP contribution in [0.1, 0.15) is 44.9 Å². The smallest absolute Gasteiger partial charge is 0.317 e. The Labute approximate surface area is 151 Å². The molecule has 0 bridgehead atoms. The number of hydrogen-bond acceptors (Lipinski definition) is 3. The number of piperidine rings is 1. The van der Waals surface area contributed by atoms with Gasteiger partial charge in [0.1, 0.15) is 5.82 Å². The molecule has 1 aromatic rings. The molecule has 136 valence electrons. The van der Waals surface area contributed by atoms with E-state index in [2.05, 4.69) is 27.3 Å². The van der Waals surface area contributed by atoms with Crippen LogP contribution in [0.2, 0.25) is 0 Å². The first-order chi connectivity index (χ1) is 12.2. The molecule has 5 heteroatoms. The largest absolute Gasteiger partial charge is 0.356 e. The van der Waals surface area contributed by atoms with Crippen molar-refractivity contribution in [3.63, 3.8) is 0 Å². The van der Waals surface area contributed by atoms with Gasteiger partial charge in [-0.05, 0) is 57.1 Å². The van der Waals surface area contributed by atoms with Gasteiger partial charge in [-0.15, -0.1) is 0 Å². The summed E-state index contributed by atoms with van der Waals surface area (Å²) in [5.74, 6) is 1.04. The highest BCUT2D eigenvalue weighted by Gasteiger charge is 2.25. The van der Waals surface area contributed by atoms with Crippen molar-refractivity contribution in [3.05, 3.63) is 36.0 Å². The lowest BCUT2D eigenvalue weighted by Gasteiger charge is -2.37. The minimum Gasteiger partial charge on any atom is -0.356 e. The second-order valence-corrected chi connectivity index (χ2v) is 7.11. The molecule has 0 atom stereocenters. The second kappa shape index (κ2) is 8.88. The third-order valence-electron chi connectivity index (χ3n) is 5.41. The summed E-state index contributed by atoms with van der Waals surface area (Å²) in [4.78, 5) is 21.0. The van der Waals surface area contributed by atoms with Gasteiger partial charge in [-0.3, -0.25) is 0 Å². The van der Waals surface area contributed by atoms with E-state index in [1.807, 2.05) is 30.3 Å². The van der Waals surface area contributed by atoms with E-state index in [0.717, 1.165) is 44.7 Å². The van der Waals surface area contributed by atoms with E-state index in [9.17, 15) is 4.79 Å². The normalized spacial score (nSPS) is 18.6. The highest BCUT2D eigenvalue weighted by atomic mass is 16.2. The van der Waals surface area contributed by atoms with Gasteiger partial charge >= 0.3 is 6.03 Å². The zero-order valence-electron chi connectivity index (χ0n) is 15.3. The Morgan fingerprint density at radius 1 is 1.32 bits per heavy atom. The van der Waals surface area contributed by atoms with Crippen molar-refractivity contribution < 1.29 is 4.79 Å². The van der Waals surface area contributed by atoms with Gasteiger partial charge in [-0.1, -0.05) is 17.7 Å². The number of allylic oxidation sites excluding steroid dienone is 1. The van der Waals surface area contributed by atoms with E-state index in [1.165, 1.54) is 31.3 Å². The van der Waals surface area contributed by atoms with Crippen molar-refractivity contribution in [1.82, 2.24) is 15.2 Å². The average molecular weight is 342 g/mol. The molecule has 1 fully saturated rings. The Kier molecular flexibility index (Phi) is 6.31. The van der Waals surface area contributed by atoms with Crippen LogP contribution in [0.3, 0.4) is 0 Å². The molecule has 2 heterocycles. The molecular weight excluding hydrogens is 312 g/mol. The topological polar surface area (TPSA) is 48.5 Å². The van der Waals surface area contributed by atoms with E-state index < -0.39 is 0 Å². The average Bonchev–Trinajstić information content (AvgIpc) is 2.69. The van der Waals surface area contributed by atoms with E-state index in [-0.39, 0.29) is 6.03 Å². The molecule has 2 amide bonds. The van der Waals surface area contributed by atoms with Crippen LogP contribution >= 0.6 is 0 Å². The Morgan fingerprint density at radius 2 is 2.16 bits per heavy atom. The molecule has 0 aromatic carbocycles. The van der Waals surface area contributed by atoms with E-state index in [0.29, 0.717) is 6.04 Å². The van der Waals surface area contributed by atoms with Gasteiger partial charge in [-0.25, -0.2) is 9.78 Å². The number of amides is 2. The van der Waals surface area contributed by atoms with Crippen LogP contribution in [0.15, 0.2) is 36.0 Å². The Hall–Kier alpha value is -2.04. The minimum atomic E-state index is 0.0627. The molecule has 0 saturated carbocycles. The fourth-order valence-corrected chi connectivity index (χ4v) is 3.78. The highest BCUT2D eigenvalue weighted by Crippen LogP contribution is 2.21. The van der Waals surface area contributed by atoms with Gasteiger partial charge in [-0.2, -0.15) is 0 Å².